The molecular formula is C21H35NO7. The van der Waals surface area contributed by atoms with Gasteiger partial charge in [0, 0.05) is 18.4 Å². The van der Waals surface area contributed by atoms with E-state index in [0.717, 1.165) is 0 Å². The predicted molar refractivity (Wildman–Crippen MR) is 106 cm³/mol. The number of aldehydes is 1. The van der Waals surface area contributed by atoms with Crippen LogP contribution >= 0.6 is 0 Å². The fraction of sp³-hybridized carbons (Fsp3) is 0.810. The van der Waals surface area contributed by atoms with E-state index in [1.54, 1.807) is 62.3 Å². The SMILES string of the molecule is CC(C)(C)OC(=O)C[C@@H]1[C@@H](C(=O)OC(C)(C)C)N(C(=O)OC(C)(C)C)C[C@@H]1C=O. The zero-order valence-corrected chi connectivity index (χ0v) is 19.0. The number of nitrogens with zero attached hydrogens (tertiary/aromatic N) is 1. The van der Waals surface area contributed by atoms with Crippen LogP contribution in [-0.2, 0) is 28.6 Å². The second-order valence-electron chi connectivity index (χ2n) is 10.4. The van der Waals surface area contributed by atoms with Crippen LogP contribution < -0.4 is 0 Å². The first-order valence-corrected chi connectivity index (χ1v) is 9.83. The molecule has 0 N–H and O–H groups in total. The van der Waals surface area contributed by atoms with Gasteiger partial charge in [-0.3, -0.25) is 9.69 Å². The third kappa shape index (κ3) is 8.03. The average Bonchev–Trinajstić information content (AvgIpc) is 2.80. The van der Waals surface area contributed by atoms with Crippen molar-refractivity contribution in [1.82, 2.24) is 4.90 Å². The summed E-state index contributed by atoms with van der Waals surface area (Å²) >= 11 is 0. The summed E-state index contributed by atoms with van der Waals surface area (Å²) in [5.74, 6) is -2.70. The normalized spacial score (nSPS) is 22.8. The molecule has 0 saturated carbocycles. The van der Waals surface area contributed by atoms with Crippen molar-refractivity contribution in [3.8, 4) is 0 Å². The molecule has 1 aliphatic rings. The number of likely N-dealkylation sites (tertiary alicyclic amines) is 1. The molecule has 8 heteroatoms. The standard InChI is InChI=1S/C21H35NO7/c1-19(2,3)27-15(24)10-14-13(12-23)11-22(18(26)29-21(7,8)9)16(14)17(25)28-20(4,5)6/h12-14,16H,10-11H2,1-9H3/t13-,14+,16+/m1/s1. The predicted octanol–water partition coefficient (Wildman–Crippen LogP) is 3.11. The van der Waals surface area contributed by atoms with E-state index in [4.69, 9.17) is 14.2 Å². The maximum absolute atomic E-state index is 12.9. The fourth-order valence-corrected chi connectivity index (χ4v) is 3.10. The first kappa shape index (κ1) is 24.9. The van der Waals surface area contributed by atoms with Gasteiger partial charge in [0.15, 0.2) is 0 Å². The molecule has 0 aromatic heterocycles. The van der Waals surface area contributed by atoms with Gasteiger partial charge in [-0.15, -0.1) is 0 Å². The molecule has 0 unspecified atom stereocenters. The number of rotatable bonds is 4. The summed E-state index contributed by atoms with van der Waals surface area (Å²) < 4.78 is 16.2. The van der Waals surface area contributed by atoms with E-state index in [1.165, 1.54) is 4.90 Å². The number of hydrogen-bond acceptors (Lipinski definition) is 7. The number of esters is 2. The third-order valence-electron chi connectivity index (χ3n) is 3.97. The number of carbonyl (C=O) groups is 4. The molecule has 1 amide bonds. The van der Waals surface area contributed by atoms with Gasteiger partial charge < -0.3 is 19.0 Å². The first-order valence-electron chi connectivity index (χ1n) is 9.83. The smallest absolute Gasteiger partial charge is 0.411 e. The van der Waals surface area contributed by atoms with Gasteiger partial charge in [0.1, 0.15) is 29.1 Å². The second-order valence-corrected chi connectivity index (χ2v) is 10.4. The lowest BCUT2D eigenvalue weighted by atomic mass is 9.88. The van der Waals surface area contributed by atoms with Crippen molar-refractivity contribution in [2.45, 2.75) is 91.6 Å². The Kier molecular flexibility index (Phi) is 7.49. The van der Waals surface area contributed by atoms with Crippen LogP contribution in [-0.4, -0.2) is 58.6 Å². The van der Waals surface area contributed by atoms with Gasteiger partial charge in [0.25, 0.3) is 0 Å². The molecule has 1 heterocycles. The van der Waals surface area contributed by atoms with Crippen molar-refractivity contribution in [2.24, 2.45) is 11.8 Å². The molecule has 0 aromatic carbocycles. The van der Waals surface area contributed by atoms with Crippen molar-refractivity contribution >= 4 is 24.3 Å². The van der Waals surface area contributed by atoms with E-state index in [1.807, 2.05) is 0 Å². The minimum Gasteiger partial charge on any atom is -0.460 e. The molecule has 0 spiro atoms. The lowest BCUT2D eigenvalue weighted by Gasteiger charge is -2.31. The molecule has 0 bridgehead atoms. The topological polar surface area (TPSA) is 99.2 Å². The Morgan fingerprint density at radius 3 is 1.76 bits per heavy atom. The van der Waals surface area contributed by atoms with E-state index in [-0.39, 0.29) is 13.0 Å². The van der Waals surface area contributed by atoms with Gasteiger partial charge in [0.05, 0.1) is 6.42 Å². The van der Waals surface area contributed by atoms with E-state index in [2.05, 4.69) is 0 Å². The van der Waals surface area contributed by atoms with Crippen molar-refractivity contribution in [2.75, 3.05) is 6.54 Å². The highest BCUT2D eigenvalue weighted by molar-refractivity contribution is 5.85. The number of amides is 1. The number of ether oxygens (including phenoxy) is 3. The summed E-state index contributed by atoms with van der Waals surface area (Å²) in [6, 6.07) is -1.12. The van der Waals surface area contributed by atoms with Crippen LogP contribution in [0.3, 0.4) is 0 Å². The molecule has 1 fully saturated rings. The van der Waals surface area contributed by atoms with Gasteiger partial charge in [-0.2, -0.15) is 0 Å². The van der Waals surface area contributed by atoms with Crippen LogP contribution in [0.4, 0.5) is 4.79 Å². The molecule has 0 radical (unpaired) electrons. The minimum atomic E-state index is -1.12. The fourth-order valence-electron chi connectivity index (χ4n) is 3.10. The lowest BCUT2D eigenvalue weighted by molar-refractivity contribution is -0.163. The van der Waals surface area contributed by atoms with Crippen LogP contribution in [0.25, 0.3) is 0 Å². The van der Waals surface area contributed by atoms with E-state index < -0.39 is 52.7 Å². The van der Waals surface area contributed by atoms with Crippen LogP contribution in [0.15, 0.2) is 0 Å². The molecule has 8 nitrogen and oxygen atoms in total. The quantitative estimate of drug-likeness (QED) is 0.397. The third-order valence-corrected chi connectivity index (χ3v) is 3.97. The zero-order valence-electron chi connectivity index (χ0n) is 19.0. The van der Waals surface area contributed by atoms with E-state index in [9.17, 15) is 19.2 Å². The maximum Gasteiger partial charge on any atom is 0.411 e. The Morgan fingerprint density at radius 1 is 0.862 bits per heavy atom. The summed E-state index contributed by atoms with van der Waals surface area (Å²) in [6.45, 7) is 15.4. The molecule has 0 aromatic rings. The Labute approximate surface area is 173 Å². The van der Waals surface area contributed by atoms with Crippen molar-refractivity contribution in [1.29, 1.82) is 0 Å². The summed E-state index contributed by atoms with van der Waals surface area (Å²) in [7, 11) is 0. The van der Waals surface area contributed by atoms with Crippen LogP contribution in [0.2, 0.25) is 0 Å². The number of carbonyl (C=O) groups excluding carboxylic acids is 4. The molecular weight excluding hydrogens is 378 g/mol. The average molecular weight is 414 g/mol. The molecule has 0 aliphatic carbocycles. The molecule has 1 aliphatic heterocycles. The Hall–Kier alpha value is -2.12. The Balaban J connectivity index is 3.22. The van der Waals surface area contributed by atoms with Gasteiger partial charge in [-0.05, 0) is 62.3 Å². The molecule has 1 saturated heterocycles. The summed E-state index contributed by atoms with van der Waals surface area (Å²) in [6.07, 6.45) is -0.257. The maximum atomic E-state index is 12.9. The number of hydrogen-bond donors (Lipinski definition) is 0. The summed E-state index contributed by atoms with van der Waals surface area (Å²) in [4.78, 5) is 51.0. The highest BCUT2D eigenvalue weighted by Gasteiger charge is 2.51. The van der Waals surface area contributed by atoms with E-state index in [0.29, 0.717) is 6.29 Å². The minimum absolute atomic E-state index is 0.0320. The Morgan fingerprint density at radius 2 is 1.34 bits per heavy atom. The first-order chi connectivity index (χ1) is 12.9. The largest absolute Gasteiger partial charge is 0.460 e. The van der Waals surface area contributed by atoms with Gasteiger partial charge >= 0.3 is 18.0 Å². The monoisotopic (exact) mass is 413 g/mol. The van der Waals surface area contributed by atoms with Gasteiger partial charge in [-0.1, -0.05) is 0 Å². The highest BCUT2D eigenvalue weighted by atomic mass is 16.6. The van der Waals surface area contributed by atoms with Crippen LogP contribution in [0.1, 0.15) is 68.7 Å². The molecule has 29 heavy (non-hydrogen) atoms. The van der Waals surface area contributed by atoms with Crippen molar-refractivity contribution in [3.05, 3.63) is 0 Å². The lowest BCUT2D eigenvalue weighted by Crippen LogP contribution is -2.48. The molecule has 166 valence electrons. The molecule has 3 atom stereocenters. The second kappa shape index (κ2) is 8.71. The summed E-state index contributed by atoms with van der Waals surface area (Å²) in [5.41, 5.74) is -2.29. The van der Waals surface area contributed by atoms with Crippen molar-refractivity contribution < 1.29 is 33.4 Å². The highest BCUT2D eigenvalue weighted by Crippen LogP contribution is 2.35. The van der Waals surface area contributed by atoms with Gasteiger partial charge in [0.2, 0.25) is 0 Å². The van der Waals surface area contributed by atoms with Crippen molar-refractivity contribution in [3.63, 3.8) is 0 Å². The van der Waals surface area contributed by atoms with Crippen LogP contribution in [0.5, 0.6) is 0 Å². The van der Waals surface area contributed by atoms with E-state index >= 15 is 0 Å². The van der Waals surface area contributed by atoms with Crippen LogP contribution in [0, 0.1) is 11.8 Å². The van der Waals surface area contributed by atoms with Gasteiger partial charge in [-0.25, -0.2) is 9.59 Å². The Bertz CT molecular complexity index is 637. The molecule has 1 rings (SSSR count). The zero-order chi connectivity index (χ0) is 22.8. The summed E-state index contributed by atoms with van der Waals surface area (Å²) in [5, 5.41) is 0.